The summed E-state index contributed by atoms with van der Waals surface area (Å²) in [5, 5.41) is 0.716. The Balaban J connectivity index is 1.86. The number of ether oxygens (including phenoxy) is 2. The highest BCUT2D eigenvalue weighted by atomic mass is 79.9. The minimum atomic E-state index is -0.512. The van der Waals surface area contributed by atoms with Crippen LogP contribution in [0, 0.1) is 0 Å². The SMILES string of the molecule is CCOc1ccccc1C(=O)OCc1cc(=O)oc2cc(Br)ccc12. The highest BCUT2D eigenvalue weighted by Crippen LogP contribution is 2.23. The van der Waals surface area contributed by atoms with Crippen LogP contribution in [0.2, 0.25) is 0 Å². The summed E-state index contributed by atoms with van der Waals surface area (Å²) in [5.74, 6) is -0.0427. The van der Waals surface area contributed by atoms with Crippen LogP contribution in [0.5, 0.6) is 5.75 Å². The van der Waals surface area contributed by atoms with E-state index in [0.717, 1.165) is 4.47 Å². The zero-order valence-electron chi connectivity index (χ0n) is 13.5. The lowest BCUT2D eigenvalue weighted by atomic mass is 10.1. The van der Waals surface area contributed by atoms with Gasteiger partial charge in [-0.1, -0.05) is 28.1 Å². The number of halogens is 1. The van der Waals surface area contributed by atoms with Crippen LogP contribution in [0.25, 0.3) is 11.0 Å². The maximum absolute atomic E-state index is 12.4. The van der Waals surface area contributed by atoms with Gasteiger partial charge in [0.2, 0.25) is 0 Å². The first-order chi connectivity index (χ1) is 12.1. The second-order valence-electron chi connectivity index (χ2n) is 5.24. The number of rotatable bonds is 5. The van der Waals surface area contributed by atoms with Gasteiger partial charge >= 0.3 is 11.6 Å². The summed E-state index contributed by atoms with van der Waals surface area (Å²) in [4.78, 5) is 24.1. The summed E-state index contributed by atoms with van der Waals surface area (Å²) in [6.07, 6.45) is 0. The van der Waals surface area contributed by atoms with Crippen molar-refractivity contribution in [3.8, 4) is 5.75 Å². The monoisotopic (exact) mass is 402 g/mol. The van der Waals surface area contributed by atoms with E-state index in [2.05, 4.69) is 15.9 Å². The van der Waals surface area contributed by atoms with Gasteiger partial charge in [-0.25, -0.2) is 9.59 Å². The molecule has 0 aliphatic heterocycles. The van der Waals surface area contributed by atoms with Gasteiger partial charge in [0, 0.05) is 21.5 Å². The second-order valence-corrected chi connectivity index (χ2v) is 6.15. The summed E-state index contributed by atoms with van der Waals surface area (Å²) in [6, 6.07) is 13.5. The van der Waals surface area contributed by atoms with E-state index in [9.17, 15) is 9.59 Å². The van der Waals surface area contributed by atoms with Gasteiger partial charge in [-0.15, -0.1) is 0 Å². The molecule has 0 aliphatic carbocycles. The van der Waals surface area contributed by atoms with Crippen molar-refractivity contribution in [2.75, 3.05) is 6.61 Å². The third-order valence-electron chi connectivity index (χ3n) is 3.56. The van der Waals surface area contributed by atoms with Crippen molar-refractivity contribution in [3.63, 3.8) is 0 Å². The fraction of sp³-hybridized carbons (Fsp3) is 0.158. The van der Waals surface area contributed by atoms with Crippen molar-refractivity contribution >= 4 is 32.9 Å². The van der Waals surface area contributed by atoms with Gasteiger partial charge in [-0.2, -0.15) is 0 Å². The Hall–Kier alpha value is -2.60. The van der Waals surface area contributed by atoms with Crippen molar-refractivity contribution < 1.29 is 18.7 Å². The van der Waals surface area contributed by atoms with Crippen molar-refractivity contribution in [3.05, 3.63) is 74.6 Å². The van der Waals surface area contributed by atoms with Crippen molar-refractivity contribution in [2.45, 2.75) is 13.5 Å². The number of benzene rings is 2. The minimum absolute atomic E-state index is 0.0387. The average Bonchev–Trinajstić information content (AvgIpc) is 2.59. The zero-order valence-corrected chi connectivity index (χ0v) is 15.0. The molecule has 0 amide bonds. The minimum Gasteiger partial charge on any atom is -0.493 e. The topological polar surface area (TPSA) is 65.7 Å². The first-order valence-corrected chi connectivity index (χ1v) is 8.49. The molecule has 0 bridgehead atoms. The maximum atomic E-state index is 12.4. The normalized spacial score (nSPS) is 10.6. The summed E-state index contributed by atoms with van der Waals surface area (Å²) in [6.45, 7) is 2.25. The number of hydrogen-bond donors (Lipinski definition) is 0. The smallest absolute Gasteiger partial charge is 0.342 e. The van der Waals surface area contributed by atoms with Gasteiger partial charge in [0.15, 0.2) is 0 Å². The zero-order chi connectivity index (χ0) is 17.8. The van der Waals surface area contributed by atoms with Gasteiger partial charge < -0.3 is 13.9 Å². The van der Waals surface area contributed by atoms with Gasteiger partial charge in [-0.3, -0.25) is 0 Å². The third-order valence-corrected chi connectivity index (χ3v) is 4.05. The lowest BCUT2D eigenvalue weighted by molar-refractivity contribution is 0.0469. The van der Waals surface area contributed by atoms with E-state index in [4.69, 9.17) is 13.9 Å². The van der Waals surface area contributed by atoms with Gasteiger partial charge in [-0.05, 0) is 37.3 Å². The van der Waals surface area contributed by atoms with Crippen LogP contribution < -0.4 is 10.4 Å². The molecule has 128 valence electrons. The molecule has 0 radical (unpaired) electrons. The highest BCUT2D eigenvalue weighted by Gasteiger charge is 2.15. The Bertz CT molecular complexity index is 977. The van der Waals surface area contributed by atoms with Crippen LogP contribution in [0.15, 0.2) is 62.2 Å². The van der Waals surface area contributed by atoms with E-state index in [1.807, 2.05) is 13.0 Å². The van der Waals surface area contributed by atoms with Gasteiger partial charge in [0.05, 0.1) is 6.61 Å². The predicted molar refractivity (Wildman–Crippen MR) is 96.9 cm³/mol. The van der Waals surface area contributed by atoms with E-state index < -0.39 is 11.6 Å². The predicted octanol–water partition coefficient (Wildman–Crippen LogP) is 4.31. The number of fused-ring (bicyclic) bond motifs is 1. The molecular formula is C19H15BrO5. The molecule has 1 aromatic heterocycles. The van der Waals surface area contributed by atoms with Crippen LogP contribution in [-0.2, 0) is 11.3 Å². The first-order valence-electron chi connectivity index (χ1n) is 7.69. The van der Waals surface area contributed by atoms with Crippen LogP contribution >= 0.6 is 15.9 Å². The van der Waals surface area contributed by atoms with E-state index >= 15 is 0 Å². The lowest BCUT2D eigenvalue weighted by Gasteiger charge is -2.10. The molecule has 3 aromatic rings. The molecule has 5 nitrogen and oxygen atoms in total. The Labute approximate surface area is 152 Å². The molecule has 2 aromatic carbocycles. The quantitative estimate of drug-likeness (QED) is 0.469. The Morgan fingerprint density at radius 3 is 2.76 bits per heavy atom. The van der Waals surface area contributed by atoms with E-state index in [0.29, 0.717) is 34.5 Å². The van der Waals surface area contributed by atoms with Crippen molar-refractivity contribution in [1.29, 1.82) is 0 Å². The van der Waals surface area contributed by atoms with Gasteiger partial charge in [0.1, 0.15) is 23.5 Å². The van der Waals surface area contributed by atoms with Crippen LogP contribution in [0.3, 0.4) is 0 Å². The molecule has 0 atom stereocenters. The molecule has 0 aliphatic rings. The first kappa shape index (κ1) is 17.2. The number of esters is 1. The number of carbonyl (C=O) groups is 1. The number of para-hydroxylation sites is 1. The highest BCUT2D eigenvalue weighted by molar-refractivity contribution is 9.10. The molecule has 0 saturated carbocycles. The van der Waals surface area contributed by atoms with Crippen LogP contribution in [0.4, 0.5) is 0 Å². The van der Waals surface area contributed by atoms with E-state index in [-0.39, 0.29) is 6.61 Å². The van der Waals surface area contributed by atoms with Gasteiger partial charge in [0.25, 0.3) is 0 Å². The summed E-state index contributed by atoms with van der Waals surface area (Å²) in [5.41, 5.74) is 0.870. The largest absolute Gasteiger partial charge is 0.493 e. The summed E-state index contributed by atoms with van der Waals surface area (Å²) in [7, 11) is 0. The molecule has 3 rings (SSSR count). The number of carbonyl (C=O) groups excluding carboxylic acids is 1. The molecule has 0 fully saturated rings. The average molecular weight is 403 g/mol. The Morgan fingerprint density at radius 1 is 1.16 bits per heavy atom. The van der Waals surface area contributed by atoms with Crippen molar-refractivity contribution in [1.82, 2.24) is 0 Å². The number of hydrogen-bond acceptors (Lipinski definition) is 5. The molecule has 0 unspecified atom stereocenters. The lowest BCUT2D eigenvalue weighted by Crippen LogP contribution is -2.09. The molecule has 0 saturated heterocycles. The van der Waals surface area contributed by atoms with E-state index in [1.165, 1.54) is 6.07 Å². The second kappa shape index (κ2) is 7.53. The molecule has 25 heavy (non-hydrogen) atoms. The summed E-state index contributed by atoms with van der Waals surface area (Å²) < 4.78 is 16.8. The molecule has 0 N–H and O–H groups in total. The maximum Gasteiger partial charge on any atom is 0.342 e. The van der Waals surface area contributed by atoms with Crippen LogP contribution in [-0.4, -0.2) is 12.6 Å². The fourth-order valence-electron chi connectivity index (χ4n) is 2.46. The molecule has 6 heteroatoms. The molecule has 0 spiro atoms. The fourth-order valence-corrected chi connectivity index (χ4v) is 2.80. The van der Waals surface area contributed by atoms with Crippen LogP contribution in [0.1, 0.15) is 22.8 Å². The third kappa shape index (κ3) is 3.91. The summed E-state index contributed by atoms with van der Waals surface area (Å²) >= 11 is 3.34. The molecular weight excluding hydrogens is 388 g/mol. The Kier molecular flexibility index (Phi) is 5.19. The van der Waals surface area contributed by atoms with Crippen molar-refractivity contribution in [2.24, 2.45) is 0 Å². The Morgan fingerprint density at radius 2 is 1.96 bits per heavy atom. The van der Waals surface area contributed by atoms with E-state index in [1.54, 1.807) is 36.4 Å². The molecule has 1 heterocycles. The standard InChI is InChI=1S/C19H15BrO5/c1-2-23-16-6-4-3-5-15(16)19(22)24-11-12-9-18(21)25-17-10-13(20)7-8-14(12)17/h3-10H,2,11H2,1H3.